The molecule has 1 aliphatic carbocycles. The lowest BCUT2D eigenvalue weighted by Crippen LogP contribution is -2.55. The molecule has 1 saturated carbocycles. The zero-order chi connectivity index (χ0) is 33.4. The lowest BCUT2D eigenvalue weighted by Gasteiger charge is -2.36. The summed E-state index contributed by atoms with van der Waals surface area (Å²) in [4.78, 5) is 57.1. The maximum atomic E-state index is 15.7. The van der Waals surface area contributed by atoms with E-state index < -0.39 is 23.7 Å². The highest BCUT2D eigenvalue weighted by atomic mass is 19.1. The van der Waals surface area contributed by atoms with Crippen LogP contribution >= 0.6 is 0 Å². The van der Waals surface area contributed by atoms with Crippen molar-refractivity contribution in [3.63, 3.8) is 0 Å². The lowest BCUT2D eigenvalue weighted by atomic mass is 9.73. The predicted molar refractivity (Wildman–Crippen MR) is 176 cm³/mol. The Morgan fingerprint density at radius 2 is 1.70 bits per heavy atom. The van der Waals surface area contributed by atoms with Crippen LogP contribution in [0.5, 0.6) is 0 Å². The van der Waals surface area contributed by atoms with Gasteiger partial charge < -0.3 is 20.4 Å². The molecular weight excluding hydrogens is 587 g/mol. The second-order valence-corrected chi connectivity index (χ2v) is 13.1. The van der Waals surface area contributed by atoms with E-state index in [2.05, 4.69) is 20.6 Å². The van der Waals surface area contributed by atoms with Gasteiger partial charge in [-0.1, -0.05) is 58.9 Å². The van der Waals surface area contributed by atoms with E-state index >= 15 is 4.39 Å². The van der Waals surface area contributed by atoms with Crippen LogP contribution in [0, 0.1) is 23.6 Å². The van der Waals surface area contributed by atoms with E-state index in [1.165, 1.54) is 18.6 Å². The van der Waals surface area contributed by atoms with Crippen LogP contribution in [0.2, 0.25) is 0 Å². The number of aromatic nitrogens is 2. The van der Waals surface area contributed by atoms with E-state index in [1.807, 2.05) is 20.9 Å². The largest absolute Gasteiger partial charge is 0.344 e. The number of benzene rings is 1. The molecule has 2 aliphatic rings. The van der Waals surface area contributed by atoms with Gasteiger partial charge in [-0.15, -0.1) is 0 Å². The molecule has 3 amide bonds. The summed E-state index contributed by atoms with van der Waals surface area (Å²) in [7, 11) is 2.00. The van der Waals surface area contributed by atoms with Crippen molar-refractivity contribution in [3.05, 3.63) is 47.5 Å². The number of halogens is 1. The van der Waals surface area contributed by atoms with Gasteiger partial charge in [0.15, 0.2) is 5.78 Å². The molecule has 0 unspecified atom stereocenters. The number of likely N-dealkylation sites (N-methyl/N-ethyl adjacent to an activating group) is 1. The van der Waals surface area contributed by atoms with Gasteiger partial charge in [0, 0.05) is 63.6 Å². The summed E-state index contributed by atoms with van der Waals surface area (Å²) in [5.41, 5.74) is 1.03. The molecule has 0 bridgehead atoms. The van der Waals surface area contributed by atoms with Gasteiger partial charge in [-0.3, -0.25) is 23.9 Å². The molecule has 2 fully saturated rings. The van der Waals surface area contributed by atoms with Gasteiger partial charge in [0.2, 0.25) is 17.7 Å². The van der Waals surface area contributed by atoms with E-state index in [1.54, 1.807) is 41.8 Å². The number of carbonyl (C=O) groups excluding carboxylic acids is 4. The number of Topliss-reactive ketones (excluding diaryl/α,β-unsaturated/α-hetero) is 1. The zero-order valence-corrected chi connectivity index (χ0v) is 28.1. The first kappa shape index (κ1) is 35.3. The fourth-order valence-corrected chi connectivity index (χ4v) is 6.87. The first-order chi connectivity index (χ1) is 22.0. The lowest BCUT2D eigenvalue weighted by molar-refractivity contribution is -0.138. The molecule has 1 aromatic heterocycles. The van der Waals surface area contributed by atoms with Crippen LogP contribution in [0.1, 0.15) is 94.6 Å². The van der Waals surface area contributed by atoms with Crippen molar-refractivity contribution in [2.45, 2.75) is 91.1 Å². The Labute approximate surface area is 272 Å². The van der Waals surface area contributed by atoms with Gasteiger partial charge in [-0.25, -0.2) is 4.39 Å². The van der Waals surface area contributed by atoms with Gasteiger partial charge in [0.1, 0.15) is 17.6 Å². The second-order valence-electron chi connectivity index (χ2n) is 13.1. The monoisotopic (exact) mass is 638 g/mol. The van der Waals surface area contributed by atoms with Crippen LogP contribution in [0.4, 0.5) is 10.1 Å². The fourth-order valence-electron chi connectivity index (χ4n) is 6.87. The Bertz CT molecular complexity index is 1360. The van der Waals surface area contributed by atoms with Gasteiger partial charge in [-0.2, -0.15) is 5.10 Å². The molecule has 2 heterocycles. The smallest absolute Gasteiger partial charge is 0.245 e. The molecule has 11 heteroatoms. The minimum Gasteiger partial charge on any atom is -0.344 e. The van der Waals surface area contributed by atoms with E-state index in [0.29, 0.717) is 36.8 Å². The molecule has 2 N–H and O–H groups in total. The molecule has 1 saturated heterocycles. The average molecular weight is 639 g/mol. The van der Waals surface area contributed by atoms with Crippen LogP contribution in [-0.4, -0.2) is 82.4 Å². The summed E-state index contributed by atoms with van der Waals surface area (Å²) >= 11 is 0. The standard InChI is InChI=1S/C35H51FN6O4/c1-6-32(44)39-33(35(46)41-19-17-40(5)18-20-41)24(4)26-13-14-29(28(36)21-26)38-34(45)27(23(3)25-11-9-8-10-12-25)22-31(43)30-15-16-37-42(30)7-2/h13-16,21,23-25,27,33H,6-12,17-20,22H2,1-5H3,(H,38,45)(H,39,44)/t23-,24-,27-,33+/m0/s1. The number of amides is 3. The zero-order valence-electron chi connectivity index (χ0n) is 28.1. The quantitative estimate of drug-likeness (QED) is 0.303. The minimum atomic E-state index is -0.848. The molecule has 0 radical (unpaired) electrons. The topological polar surface area (TPSA) is 117 Å². The first-order valence-electron chi connectivity index (χ1n) is 17.0. The number of hydrogen-bond donors (Lipinski definition) is 2. The van der Waals surface area contributed by atoms with Crippen molar-refractivity contribution in [2.75, 3.05) is 38.5 Å². The van der Waals surface area contributed by atoms with E-state index in [9.17, 15) is 19.2 Å². The Hall–Kier alpha value is -3.60. The molecule has 1 aromatic carbocycles. The number of piperazine rings is 1. The highest BCUT2D eigenvalue weighted by Gasteiger charge is 2.36. The molecule has 252 valence electrons. The number of ketones is 1. The predicted octanol–water partition coefficient (Wildman–Crippen LogP) is 4.86. The highest BCUT2D eigenvalue weighted by molar-refractivity contribution is 6.00. The van der Waals surface area contributed by atoms with Crippen LogP contribution in [0.3, 0.4) is 0 Å². The maximum absolute atomic E-state index is 15.7. The molecule has 4 rings (SSSR count). The third-order valence-corrected chi connectivity index (χ3v) is 10.1. The Balaban J connectivity index is 1.53. The Kier molecular flexibility index (Phi) is 12.5. The fraction of sp³-hybridized carbons (Fsp3) is 0.629. The normalized spacial score (nSPS) is 18.8. The minimum absolute atomic E-state index is 0.0130. The molecular formula is C35H51FN6O4. The van der Waals surface area contributed by atoms with Crippen LogP contribution in [0.25, 0.3) is 0 Å². The van der Waals surface area contributed by atoms with Crippen molar-refractivity contribution in [3.8, 4) is 0 Å². The number of nitrogens with one attached hydrogen (secondary N) is 2. The van der Waals surface area contributed by atoms with E-state index in [0.717, 1.165) is 38.8 Å². The third-order valence-electron chi connectivity index (χ3n) is 10.1. The van der Waals surface area contributed by atoms with E-state index in [-0.39, 0.29) is 48.0 Å². The van der Waals surface area contributed by atoms with Gasteiger partial charge in [0.25, 0.3) is 0 Å². The van der Waals surface area contributed by atoms with Crippen LogP contribution < -0.4 is 10.6 Å². The van der Waals surface area contributed by atoms with Gasteiger partial charge >= 0.3 is 0 Å². The van der Waals surface area contributed by atoms with Crippen LogP contribution in [-0.2, 0) is 20.9 Å². The highest BCUT2D eigenvalue weighted by Crippen LogP contribution is 2.36. The summed E-state index contributed by atoms with van der Waals surface area (Å²) < 4.78 is 17.3. The first-order valence-corrected chi connectivity index (χ1v) is 17.0. The number of aryl methyl sites for hydroxylation is 1. The Morgan fingerprint density at radius 3 is 2.33 bits per heavy atom. The number of carbonyl (C=O) groups is 4. The number of rotatable bonds is 13. The van der Waals surface area contributed by atoms with Crippen LogP contribution in [0.15, 0.2) is 30.5 Å². The van der Waals surface area contributed by atoms with Gasteiger partial charge in [0.05, 0.1) is 5.69 Å². The summed E-state index contributed by atoms with van der Waals surface area (Å²) in [6.07, 6.45) is 7.23. The number of hydrogen-bond acceptors (Lipinski definition) is 6. The summed E-state index contributed by atoms with van der Waals surface area (Å²) in [6.45, 7) is 10.6. The molecule has 1 aliphatic heterocycles. The molecule has 0 spiro atoms. The van der Waals surface area contributed by atoms with Crippen molar-refractivity contribution in [1.29, 1.82) is 0 Å². The summed E-state index contributed by atoms with van der Waals surface area (Å²) in [5, 5.41) is 9.86. The van der Waals surface area contributed by atoms with E-state index in [4.69, 9.17) is 0 Å². The number of nitrogens with zero attached hydrogens (tertiary/aromatic N) is 4. The molecule has 10 nitrogen and oxygen atoms in total. The van der Waals surface area contributed by atoms with Crippen molar-refractivity contribution < 1.29 is 23.6 Å². The average Bonchev–Trinajstić information content (AvgIpc) is 3.56. The Morgan fingerprint density at radius 1 is 1.00 bits per heavy atom. The summed E-state index contributed by atoms with van der Waals surface area (Å²) in [6, 6.07) is 5.35. The second kappa shape index (κ2) is 16.3. The molecule has 46 heavy (non-hydrogen) atoms. The summed E-state index contributed by atoms with van der Waals surface area (Å²) in [5.74, 6) is -2.51. The van der Waals surface area contributed by atoms with Crippen molar-refractivity contribution >= 4 is 29.2 Å². The SMILES string of the molecule is CCC(=O)N[C@@H](C(=O)N1CCN(C)CC1)[C@@H](C)c1ccc(NC(=O)[C@@H](CC(=O)c2ccnn2CC)[C@@H](C)C2CCCCC2)c(F)c1. The number of anilines is 1. The molecule has 4 atom stereocenters. The third kappa shape index (κ3) is 8.60. The van der Waals surface area contributed by atoms with Crippen molar-refractivity contribution in [2.24, 2.45) is 17.8 Å². The van der Waals surface area contributed by atoms with Crippen molar-refractivity contribution in [1.82, 2.24) is 24.9 Å². The molecule has 2 aromatic rings. The maximum Gasteiger partial charge on any atom is 0.245 e. The van der Waals surface area contributed by atoms with Gasteiger partial charge in [-0.05, 0) is 49.6 Å².